The van der Waals surface area contributed by atoms with Crippen molar-refractivity contribution in [3.8, 4) is 0 Å². The van der Waals surface area contributed by atoms with Crippen LogP contribution < -0.4 is 5.32 Å². The molecule has 3 aromatic rings. The first kappa shape index (κ1) is 13.4. The first-order valence-electron chi connectivity index (χ1n) is 6.91. The molecule has 1 N–H and O–H groups in total. The lowest BCUT2D eigenvalue weighted by atomic mass is 10.2. The second-order valence-corrected chi connectivity index (χ2v) is 4.84. The first-order chi connectivity index (χ1) is 10.2. The molecule has 1 atom stereocenters. The number of rotatable bonds is 4. The number of hydrogen-bond acceptors (Lipinski definition) is 6. The number of fused-ring (bicyclic) bond motifs is 1. The van der Waals surface area contributed by atoms with Crippen molar-refractivity contribution in [2.45, 2.75) is 33.4 Å². The van der Waals surface area contributed by atoms with E-state index in [-0.39, 0.29) is 6.04 Å². The molecule has 0 amide bonds. The average molecular weight is 283 g/mol. The van der Waals surface area contributed by atoms with Crippen molar-refractivity contribution >= 4 is 16.9 Å². The Morgan fingerprint density at radius 3 is 2.86 bits per heavy atom. The van der Waals surface area contributed by atoms with Crippen molar-refractivity contribution in [3.05, 3.63) is 36.3 Å². The maximum absolute atomic E-state index is 4.52. The third-order valence-electron chi connectivity index (χ3n) is 3.31. The van der Waals surface area contributed by atoms with E-state index in [0.29, 0.717) is 5.82 Å². The van der Waals surface area contributed by atoms with Gasteiger partial charge in [-0.2, -0.15) is 5.10 Å². The number of nitrogens with one attached hydrogen (secondary N) is 1. The molecule has 21 heavy (non-hydrogen) atoms. The summed E-state index contributed by atoms with van der Waals surface area (Å²) in [5.41, 5.74) is 2.53. The Bertz CT molecular complexity index is 765. The monoisotopic (exact) mass is 283 g/mol. The largest absolute Gasteiger partial charge is 0.358 e. The van der Waals surface area contributed by atoms with E-state index in [1.165, 1.54) is 0 Å². The topological polar surface area (TPSA) is 81.4 Å². The maximum Gasteiger partial charge on any atom is 0.156 e. The molecule has 0 spiro atoms. The zero-order valence-electron chi connectivity index (χ0n) is 12.3. The van der Waals surface area contributed by atoms with Gasteiger partial charge in [0, 0.05) is 12.2 Å². The van der Waals surface area contributed by atoms with E-state index in [9.17, 15) is 0 Å². The second-order valence-electron chi connectivity index (χ2n) is 4.84. The molecule has 0 aliphatic heterocycles. The molecule has 0 saturated carbocycles. The zero-order chi connectivity index (χ0) is 14.8. The van der Waals surface area contributed by atoms with Gasteiger partial charge >= 0.3 is 0 Å². The summed E-state index contributed by atoms with van der Waals surface area (Å²) in [4.78, 5) is 17.4. The van der Waals surface area contributed by atoms with Gasteiger partial charge in [-0.1, -0.05) is 0 Å². The fourth-order valence-electron chi connectivity index (χ4n) is 2.27. The highest BCUT2D eigenvalue weighted by Gasteiger charge is 2.15. The lowest BCUT2D eigenvalue weighted by molar-refractivity contribution is 0.592. The predicted octanol–water partition coefficient (Wildman–Crippen LogP) is 2.12. The average Bonchev–Trinajstić information content (AvgIpc) is 2.96. The van der Waals surface area contributed by atoms with Gasteiger partial charge in [0.05, 0.1) is 11.6 Å². The molecular weight excluding hydrogens is 266 g/mol. The fraction of sp³-hybridized carbons (Fsp3) is 0.357. The number of aryl methyl sites for hydroxylation is 2. The van der Waals surface area contributed by atoms with Gasteiger partial charge in [0.25, 0.3) is 0 Å². The van der Waals surface area contributed by atoms with Crippen molar-refractivity contribution in [1.82, 2.24) is 29.7 Å². The van der Waals surface area contributed by atoms with Gasteiger partial charge < -0.3 is 5.32 Å². The smallest absolute Gasteiger partial charge is 0.156 e. The minimum Gasteiger partial charge on any atom is -0.358 e. The summed E-state index contributed by atoms with van der Waals surface area (Å²) in [7, 11) is 0. The van der Waals surface area contributed by atoms with E-state index in [0.717, 1.165) is 29.1 Å². The van der Waals surface area contributed by atoms with E-state index in [4.69, 9.17) is 0 Å². The van der Waals surface area contributed by atoms with Crippen LogP contribution in [0.3, 0.4) is 0 Å². The van der Waals surface area contributed by atoms with Crippen LogP contribution in [0.4, 0.5) is 5.82 Å². The Balaban J connectivity index is 1.96. The van der Waals surface area contributed by atoms with Crippen LogP contribution in [0.1, 0.15) is 31.4 Å². The summed E-state index contributed by atoms with van der Waals surface area (Å²) in [6.45, 7) is 6.80. The highest BCUT2D eigenvalue weighted by atomic mass is 15.3. The van der Waals surface area contributed by atoms with Gasteiger partial charge in [0.1, 0.15) is 24.0 Å². The van der Waals surface area contributed by atoms with Gasteiger partial charge in [-0.05, 0) is 32.9 Å². The van der Waals surface area contributed by atoms with E-state index >= 15 is 0 Å². The lowest BCUT2D eigenvalue weighted by Crippen LogP contribution is -2.15. The molecule has 7 nitrogen and oxygen atoms in total. The maximum atomic E-state index is 4.52. The van der Waals surface area contributed by atoms with E-state index in [2.05, 4.69) is 30.4 Å². The Kier molecular flexibility index (Phi) is 3.47. The van der Waals surface area contributed by atoms with Crippen LogP contribution in [0.25, 0.3) is 11.0 Å². The molecule has 0 aliphatic carbocycles. The van der Waals surface area contributed by atoms with Gasteiger partial charge in [0.15, 0.2) is 5.82 Å². The van der Waals surface area contributed by atoms with Crippen molar-refractivity contribution in [2.75, 3.05) is 5.32 Å². The predicted molar refractivity (Wildman–Crippen MR) is 79.8 cm³/mol. The van der Waals surface area contributed by atoms with Crippen molar-refractivity contribution in [3.63, 3.8) is 0 Å². The highest BCUT2D eigenvalue weighted by molar-refractivity contribution is 5.84. The molecule has 3 rings (SSSR count). The van der Waals surface area contributed by atoms with Crippen molar-refractivity contribution < 1.29 is 0 Å². The van der Waals surface area contributed by atoms with Crippen LogP contribution in [0.2, 0.25) is 0 Å². The first-order valence-corrected chi connectivity index (χ1v) is 6.91. The molecule has 7 heteroatoms. The number of nitrogens with zero attached hydrogens (tertiary/aromatic N) is 6. The number of anilines is 1. The summed E-state index contributed by atoms with van der Waals surface area (Å²) in [5.74, 6) is 1.58. The quantitative estimate of drug-likeness (QED) is 0.789. The summed E-state index contributed by atoms with van der Waals surface area (Å²) >= 11 is 0. The molecule has 0 aromatic carbocycles. The molecule has 0 fully saturated rings. The zero-order valence-corrected chi connectivity index (χ0v) is 12.3. The van der Waals surface area contributed by atoms with Crippen LogP contribution in [0.5, 0.6) is 0 Å². The standard InChI is InChI=1S/C14H17N7/c1-4-21-14(17-8-18-21)10(3)20-13-12-11(15-7-16-13)6-5-9(2)19-12/h5-8,10H,4H2,1-3H3,(H,15,16,20). The molecule has 0 radical (unpaired) electrons. The molecular formula is C14H17N7. The Labute approximate surface area is 122 Å². The Morgan fingerprint density at radius 2 is 2.05 bits per heavy atom. The van der Waals surface area contributed by atoms with Crippen LogP contribution in [-0.4, -0.2) is 29.7 Å². The Morgan fingerprint density at radius 1 is 1.19 bits per heavy atom. The summed E-state index contributed by atoms with van der Waals surface area (Å²) in [6.07, 6.45) is 3.11. The highest BCUT2D eigenvalue weighted by Crippen LogP contribution is 2.21. The molecule has 0 saturated heterocycles. The van der Waals surface area contributed by atoms with Crippen molar-refractivity contribution in [2.24, 2.45) is 0 Å². The minimum atomic E-state index is -0.0205. The van der Waals surface area contributed by atoms with Crippen LogP contribution >= 0.6 is 0 Å². The summed E-state index contributed by atoms with van der Waals surface area (Å²) < 4.78 is 1.86. The van der Waals surface area contributed by atoms with Crippen LogP contribution in [0.15, 0.2) is 24.8 Å². The molecule has 0 aliphatic rings. The van der Waals surface area contributed by atoms with Gasteiger partial charge in [-0.25, -0.2) is 24.6 Å². The Hall–Kier alpha value is -2.57. The van der Waals surface area contributed by atoms with Gasteiger partial charge in [-0.15, -0.1) is 0 Å². The molecule has 108 valence electrons. The fourth-order valence-corrected chi connectivity index (χ4v) is 2.27. The minimum absolute atomic E-state index is 0.0205. The van der Waals surface area contributed by atoms with Gasteiger partial charge in [-0.3, -0.25) is 0 Å². The van der Waals surface area contributed by atoms with E-state index < -0.39 is 0 Å². The van der Waals surface area contributed by atoms with Gasteiger partial charge in [0.2, 0.25) is 0 Å². The normalized spacial score (nSPS) is 12.5. The molecule has 0 bridgehead atoms. The number of pyridine rings is 1. The van der Waals surface area contributed by atoms with Crippen LogP contribution in [0, 0.1) is 6.92 Å². The third-order valence-corrected chi connectivity index (χ3v) is 3.31. The molecule has 3 heterocycles. The molecule has 3 aromatic heterocycles. The second kappa shape index (κ2) is 5.43. The SMILES string of the molecule is CCn1ncnc1C(C)Nc1ncnc2ccc(C)nc12. The van der Waals surface area contributed by atoms with Crippen molar-refractivity contribution in [1.29, 1.82) is 0 Å². The van der Waals surface area contributed by atoms with Crippen LogP contribution in [-0.2, 0) is 6.54 Å². The lowest BCUT2D eigenvalue weighted by Gasteiger charge is -2.15. The molecule has 1 unspecified atom stereocenters. The van der Waals surface area contributed by atoms with E-state index in [1.54, 1.807) is 12.7 Å². The summed E-state index contributed by atoms with van der Waals surface area (Å²) in [5, 5.41) is 7.54. The summed E-state index contributed by atoms with van der Waals surface area (Å²) in [6, 6.07) is 3.87. The third kappa shape index (κ3) is 2.54. The number of aromatic nitrogens is 6. The van der Waals surface area contributed by atoms with E-state index in [1.807, 2.05) is 37.6 Å². The number of hydrogen-bond donors (Lipinski definition) is 1.